The van der Waals surface area contributed by atoms with Crippen LogP contribution in [0.25, 0.3) is 0 Å². The van der Waals surface area contributed by atoms with Crippen molar-refractivity contribution < 1.29 is 24.2 Å². The second-order valence-corrected chi connectivity index (χ2v) is 8.97. The van der Waals surface area contributed by atoms with Crippen molar-refractivity contribution in [2.45, 2.75) is 31.8 Å². The number of amides is 1. The van der Waals surface area contributed by atoms with Gasteiger partial charge >= 0.3 is 5.97 Å². The van der Waals surface area contributed by atoms with Crippen molar-refractivity contribution in [3.05, 3.63) is 93.8 Å². The highest BCUT2D eigenvalue weighted by atomic mass is 35.5. The van der Waals surface area contributed by atoms with Crippen LogP contribution in [0.1, 0.15) is 47.8 Å². The molecule has 5 nitrogen and oxygen atoms in total. The average Bonchev–Trinajstić information content (AvgIpc) is 2.95. The Morgan fingerprint density at radius 3 is 2.44 bits per heavy atom. The molecule has 0 bridgehead atoms. The van der Waals surface area contributed by atoms with Crippen molar-refractivity contribution in [3.8, 4) is 0 Å². The molecule has 7 heteroatoms. The van der Waals surface area contributed by atoms with Crippen LogP contribution in [0, 0.1) is 5.82 Å². The van der Waals surface area contributed by atoms with Gasteiger partial charge in [0.15, 0.2) is 0 Å². The highest BCUT2D eigenvalue weighted by Crippen LogP contribution is 2.50. The summed E-state index contributed by atoms with van der Waals surface area (Å²) in [6.07, 6.45) is 0. The highest BCUT2D eigenvalue weighted by Gasteiger charge is 2.49. The number of nitrogens with zero attached hydrogens (tertiary/aromatic N) is 1. The molecule has 1 amide bonds. The summed E-state index contributed by atoms with van der Waals surface area (Å²) >= 11 is 6.25. The fourth-order valence-electron chi connectivity index (χ4n) is 4.19. The van der Waals surface area contributed by atoms with Crippen LogP contribution in [0.4, 0.5) is 15.8 Å². The van der Waals surface area contributed by atoms with Gasteiger partial charge in [0.2, 0.25) is 5.91 Å². The van der Waals surface area contributed by atoms with Gasteiger partial charge in [-0.25, -0.2) is 9.18 Å². The van der Waals surface area contributed by atoms with Gasteiger partial charge in [0.25, 0.3) is 0 Å². The molecule has 0 radical (unpaired) electrons. The summed E-state index contributed by atoms with van der Waals surface area (Å²) in [6.45, 7) is 4.66. The first-order valence-electron chi connectivity index (χ1n) is 9.95. The number of rotatable bonds is 4. The number of benzene rings is 3. The van der Waals surface area contributed by atoms with E-state index < -0.39 is 22.8 Å². The van der Waals surface area contributed by atoms with E-state index in [2.05, 4.69) is 0 Å². The van der Waals surface area contributed by atoms with Crippen molar-refractivity contribution in [1.29, 1.82) is 0 Å². The zero-order valence-electron chi connectivity index (χ0n) is 17.7. The van der Waals surface area contributed by atoms with Crippen LogP contribution in [0.3, 0.4) is 0 Å². The summed E-state index contributed by atoms with van der Waals surface area (Å²) < 4.78 is 14.9. The molecule has 1 atom stereocenters. The Morgan fingerprint density at radius 1 is 1.09 bits per heavy atom. The van der Waals surface area contributed by atoms with E-state index in [0.717, 1.165) is 0 Å². The van der Waals surface area contributed by atoms with Crippen LogP contribution in [0.5, 0.6) is 0 Å². The topological polar surface area (TPSA) is 77.8 Å². The number of anilines is 2. The Bertz CT molecular complexity index is 1270. The van der Waals surface area contributed by atoms with Crippen LogP contribution >= 0.6 is 11.6 Å². The number of aliphatic hydroxyl groups is 1. The molecule has 3 aromatic carbocycles. The van der Waals surface area contributed by atoms with Gasteiger partial charge < -0.3 is 10.2 Å². The van der Waals surface area contributed by atoms with Crippen molar-refractivity contribution in [2.75, 3.05) is 4.90 Å². The van der Waals surface area contributed by atoms with Crippen LogP contribution in [-0.4, -0.2) is 22.1 Å². The van der Waals surface area contributed by atoms with Crippen LogP contribution < -0.4 is 4.90 Å². The Balaban J connectivity index is 1.92. The summed E-state index contributed by atoms with van der Waals surface area (Å²) in [6, 6.07) is 15.4. The van der Waals surface area contributed by atoms with Gasteiger partial charge in [-0.15, -0.1) is 0 Å². The molecule has 32 heavy (non-hydrogen) atoms. The number of aromatic carboxylic acids is 1. The lowest BCUT2D eigenvalue weighted by molar-refractivity contribution is -0.120. The molecule has 1 aliphatic heterocycles. The van der Waals surface area contributed by atoms with Crippen molar-refractivity contribution in [2.24, 2.45) is 0 Å². The maximum atomic E-state index is 14.9. The minimum Gasteiger partial charge on any atom is -0.478 e. The molecule has 0 saturated carbocycles. The molecule has 0 fully saturated rings. The summed E-state index contributed by atoms with van der Waals surface area (Å²) in [5.41, 5.74) is -0.606. The Kier molecular flexibility index (Phi) is 5.11. The van der Waals surface area contributed by atoms with E-state index in [-0.39, 0.29) is 17.0 Å². The fourth-order valence-corrected chi connectivity index (χ4v) is 4.36. The predicted octanol–water partition coefficient (Wildman–Crippen LogP) is 5.39. The number of carbonyl (C=O) groups is 2. The Morgan fingerprint density at radius 2 is 1.81 bits per heavy atom. The van der Waals surface area contributed by atoms with Gasteiger partial charge in [0, 0.05) is 16.3 Å². The van der Waals surface area contributed by atoms with Gasteiger partial charge in [-0.2, -0.15) is 0 Å². The first kappa shape index (κ1) is 22.0. The average molecular weight is 454 g/mol. The van der Waals surface area contributed by atoms with Gasteiger partial charge in [-0.3, -0.25) is 9.69 Å². The second-order valence-electron chi connectivity index (χ2n) is 8.54. The maximum Gasteiger partial charge on any atom is 0.335 e. The highest BCUT2D eigenvalue weighted by molar-refractivity contribution is 6.31. The lowest BCUT2D eigenvalue weighted by Crippen LogP contribution is -2.37. The zero-order chi connectivity index (χ0) is 23.4. The number of halogens is 2. The number of fused-ring (bicyclic) bond motifs is 1. The summed E-state index contributed by atoms with van der Waals surface area (Å²) in [5.74, 6) is -2.10. The molecule has 0 saturated heterocycles. The molecule has 4 rings (SSSR count). The van der Waals surface area contributed by atoms with Gasteiger partial charge in [0.05, 0.1) is 22.3 Å². The number of hydrogen-bond donors (Lipinski definition) is 2. The summed E-state index contributed by atoms with van der Waals surface area (Å²) in [5, 5.41) is 20.0. The zero-order valence-corrected chi connectivity index (χ0v) is 18.4. The number of carboxylic acids is 1. The second kappa shape index (κ2) is 7.43. The SMILES string of the molecule is CC(C)(O)c1ccc(C2(C)C(=O)N(c3cccc(C(=O)O)c3)c3ccc(Cl)cc32)cc1F. The maximum absolute atomic E-state index is 14.9. The van der Waals surface area contributed by atoms with E-state index >= 15 is 0 Å². The Hall–Kier alpha value is -3.22. The normalized spacial score (nSPS) is 18.1. The molecule has 0 aliphatic carbocycles. The number of hydrogen-bond acceptors (Lipinski definition) is 3. The third kappa shape index (κ3) is 3.36. The molecule has 1 unspecified atom stereocenters. The van der Waals surface area contributed by atoms with Gasteiger partial charge in [-0.1, -0.05) is 29.8 Å². The van der Waals surface area contributed by atoms with E-state index in [9.17, 15) is 24.2 Å². The van der Waals surface area contributed by atoms with Crippen LogP contribution in [-0.2, 0) is 15.8 Å². The monoisotopic (exact) mass is 453 g/mol. The minimum absolute atomic E-state index is 0.0417. The standard InChI is InChI=1S/C25H21ClFNO4/c1-24(2,32)18-9-7-15(12-20(18)27)25(3)19-13-16(26)8-10-21(19)28(23(25)31)17-6-4-5-14(11-17)22(29)30/h4-13,32H,1-3H3,(H,29,30). The first-order valence-corrected chi connectivity index (χ1v) is 10.3. The smallest absolute Gasteiger partial charge is 0.335 e. The fraction of sp³-hybridized carbons (Fsp3) is 0.200. The minimum atomic E-state index is -1.38. The molecule has 0 spiro atoms. The van der Waals surface area contributed by atoms with Gasteiger partial charge in [0.1, 0.15) is 5.82 Å². The van der Waals surface area contributed by atoms with Crippen molar-refractivity contribution in [1.82, 2.24) is 0 Å². The quantitative estimate of drug-likeness (QED) is 0.555. The third-order valence-electron chi connectivity index (χ3n) is 5.93. The molecular formula is C25H21ClFNO4. The van der Waals surface area contributed by atoms with Crippen LogP contribution in [0.15, 0.2) is 60.7 Å². The summed E-state index contributed by atoms with van der Waals surface area (Å²) in [7, 11) is 0. The van der Waals surface area contributed by atoms with Crippen molar-refractivity contribution in [3.63, 3.8) is 0 Å². The predicted molar refractivity (Wildman–Crippen MR) is 120 cm³/mol. The molecule has 164 valence electrons. The molecule has 2 N–H and O–H groups in total. The number of carboxylic acid groups (broad SMARTS) is 1. The number of carbonyl (C=O) groups excluding carboxylic acids is 1. The van der Waals surface area contributed by atoms with E-state index in [0.29, 0.717) is 27.5 Å². The van der Waals surface area contributed by atoms with E-state index in [1.165, 1.54) is 43.0 Å². The molecule has 1 heterocycles. The molecule has 0 aromatic heterocycles. The third-order valence-corrected chi connectivity index (χ3v) is 6.16. The van der Waals surface area contributed by atoms with E-state index in [1.54, 1.807) is 43.3 Å². The molecular weight excluding hydrogens is 433 g/mol. The largest absolute Gasteiger partial charge is 0.478 e. The van der Waals surface area contributed by atoms with Gasteiger partial charge in [-0.05, 0) is 74.4 Å². The summed E-state index contributed by atoms with van der Waals surface area (Å²) in [4.78, 5) is 26.7. The van der Waals surface area contributed by atoms with Crippen molar-refractivity contribution >= 4 is 34.9 Å². The molecule has 3 aromatic rings. The lowest BCUT2D eigenvalue weighted by atomic mass is 9.76. The lowest BCUT2D eigenvalue weighted by Gasteiger charge is -2.27. The Labute approximate surface area is 189 Å². The van der Waals surface area contributed by atoms with E-state index in [4.69, 9.17) is 11.6 Å². The van der Waals surface area contributed by atoms with E-state index in [1.807, 2.05) is 0 Å². The first-order chi connectivity index (χ1) is 14.9. The van der Waals surface area contributed by atoms with Crippen LogP contribution in [0.2, 0.25) is 5.02 Å². The molecule has 1 aliphatic rings.